The third-order valence-corrected chi connectivity index (χ3v) is 3.21. The summed E-state index contributed by atoms with van der Waals surface area (Å²) in [6, 6.07) is 8.75. The molecule has 1 aromatic carbocycles. The molecule has 0 fully saturated rings. The van der Waals surface area contributed by atoms with E-state index < -0.39 is 0 Å². The van der Waals surface area contributed by atoms with E-state index in [0.717, 1.165) is 6.42 Å². The molecule has 0 amide bonds. The van der Waals surface area contributed by atoms with Crippen LogP contribution in [0.15, 0.2) is 42.0 Å². The number of allylic oxidation sites excluding steroid dienone is 4. The second-order valence-corrected chi connectivity index (χ2v) is 4.08. The molecule has 0 spiro atoms. The predicted molar refractivity (Wildman–Crippen MR) is 66.9 cm³/mol. The van der Waals surface area contributed by atoms with Crippen molar-refractivity contribution < 1.29 is 0 Å². The first-order valence-electron chi connectivity index (χ1n) is 5.75. The van der Waals surface area contributed by atoms with Gasteiger partial charge in [0.25, 0.3) is 0 Å². The fourth-order valence-corrected chi connectivity index (χ4v) is 2.50. The van der Waals surface area contributed by atoms with Crippen molar-refractivity contribution in [3.8, 4) is 0 Å². The van der Waals surface area contributed by atoms with Gasteiger partial charge < -0.3 is 0 Å². The Kier molecular flexibility index (Phi) is 2.77. The quantitative estimate of drug-likeness (QED) is 0.621. The van der Waals surface area contributed by atoms with Gasteiger partial charge in [-0.3, -0.25) is 0 Å². The van der Waals surface area contributed by atoms with Crippen molar-refractivity contribution in [3.63, 3.8) is 0 Å². The number of fused-ring (bicyclic) bond motifs is 1. The van der Waals surface area contributed by atoms with Crippen LogP contribution in [0.5, 0.6) is 0 Å². The van der Waals surface area contributed by atoms with E-state index in [1.54, 1.807) is 0 Å². The molecule has 2 rings (SSSR count). The van der Waals surface area contributed by atoms with E-state index in [4.69, 9.17) is 0 Å². The van der Waals surface area contributed by atoms with E-state index in [0.29, 0.717) is 5.92 Å². The van der Waals surface area contributed by atoms with Crippen LogP contribution in [-0.2, 0) is 0 Å². The van der Waals surface area contributed by atoms with Crippen LogP contribution >= 0.6 is 0 Å². The average Bonchev–Trinajstić information content (AvgIpc) is 2.54. The maximum Gasteiger partial charge on any atom is 0.00700 e. The summed E-state index contributed by atoms with van der Waals surface area (Å²) in [5.74, 6) is 0.562. The van der Waals surface area contributed by atoms with Gasteiger partial charge in [0, 0.05) is 5.92 Å². The molecule has 15 heavy (non-hydrogen) atoms. The maximum atomic E-state index is 2.36. The first-order chi connectivity index (χ1) is 7.29. The van der Waals surface area contributed by atoms with Crippen molar-refractivity contribution in [2.75, 3.05) is 0 Å². The molecule has 1 aromatic rings. The molecule has 0 heterocycles. The molecule has 1 unspecified atom stereocenters. The minimum atomic E-state index is 0.562. The summed E-state index contributed by atoms with van der Waals surface area (Å²) >= 11 is 0. The fourth-order valence-electron chi connectivity index (χ4n) is 2.50. The largest absolute Gasteiger partial charge is 0.0804 e. The Morgan fingerprint density at radius 3 is 2.67 bits per heavy atom. The summed E-state index contributed by atoms with van der Waals surface area (Å²) in [7, 11) is 0. The molecule has 0 heteroatoms. The fraction of sp³-hybridized carbons (Fsp3) is 0.333. The van der Waals surface area contributed by atoms with Gasteiger partial charge in [-0.15, -0.1) is 0 Å². The molecule has 1 atom stereocenters. The Labute approximate surface area is 92.3 Å². The maximum absolute atomic E-state index is 2.36. The van der Waals surface area contributed by atoms with Gasteiger partial charge in [0.1, 0.15) is 0 Å². The second kappa shape index (κ2) is 4.06. The lowest BCUT2D eigenvalue weighted by Crippen LogP contribution is -1.88. The minimum Gasteiger partial charge on any atom is -0.0804 e. The van der Waals surface area contributed by atoms with Gasteiger partial charge in [0.15, 0.2) is 0 Å². The molecule has 0 saturated heterocycles. The molecule has 0 N–H and O–H groups in total. The SMILES string of the molecule is C/C=C1\C(=C/CC)C(C)c2ccccc21. The first-order valence-corrected chi connectivity index (χ1v) is 5.75. The molecule has 0 radical (unpaired) electrons. The molecular weight excluding hydrogens is 180 g/mol. The van der Waals surface area contributed by atoms with E-state index in [9.17, 15) is 0 Å². The van der Waals surface area contributed by atoms with E-state index in [1.165, 1.54) is 22.3 Å². The monoisotopic (exact) mass is 198 g/mol. The summed E-state index contributed by atoms with van der Waals surface area (Å²) in [6.45, 7) is 6.64. The van der Waals surface area contributed by atoms with Crippen LogP contribution in [0.1, 0.15) is 44.2 Å². The zero-order chi connectivity index (χ0) is 10.8. The van der Waals surface area contributed by atoms with Crippen molar-refractivity contribution in [1.82, 2.24) is 0 Å². The standard InChI is InChI=1S/C15H18/c1-4-8-13-11(3)14-9-6-7-10-15(14)12(13)5-2/h5-11H,4H2,1-3H3/b12-5+,13-8-. The predicted octanol–water partition coefficient (Wildman–Crippen LogP) is 4.54. The van der Waals surface area contributed by atoms with Gasteiger partial charge in [-0.05, 0) is 35.6 Å². The van der Waals surface area contributed by atoms with Gasteiger partial charge in [0.2, 0.25) is 0 Å². The number of hydrogen-bond acceptors (Lipinski definition) is 0. The average molecular weight is 198 g/mol. The Hall–Kier alpha value is -1.30. The summed E-state index contributed by atoms with van der Waals surface area (Å²) in [5.41, 5.74) is 5.83. The van der Waals surface area contributed by atoms with Gasteiger partial charge in [-0.2, -0.15) is 0 Å². The van der Waals surface area contributed by atoms with E-state index in [2.05, 4.69) is 57.2 Å². The Bertz CT molecular complexity index is 421. The summed E-state index contributed by atoms with van der Waals surface area (Å²) in [6.07, 6.45) is 5.72. The zero-order valence-electron chi connectivity index (χ0n) is 9.75. The molecule has 0 aromatic heterocycles. The van der Waals surface area contributed by atoms with Gasteiger partial charge in [-0.1, -0.05) is 50.3 Å². The van der Waals surface area contributed by atoms with Crippen molar-refractivity contribution in [3.05, 3.63) is 53.1 Å². The lowest BCUT2D eigenvalue weighted by atomic mass is 9.98. The number of rotatable bonds is 1. The van der Waals surface area contributed by atoms with Crippen LogP contribution in [0.2, 0.25) is 0 Å². The first kappa shape index (κ1) is 10.2. The van der Waals surface area contributed by atoms with Crippen molar-refractivity contribution >= 4 is 5.57 Å². The Morgan fingerprint density at radius 1 is 1.27 bits per heavy atom. The third-order valence-electron chi connectivity index (χ3n) is 3.21. The minimum absolute atomic E-state index is 0.562. The molecule has 1 aliphatic rings. The van der Waals surface area contributed by atoms with Crippen LogP contribution in [0.25, 0.3) is 5.57 Å². The van der Waals surface area contributed by atoms with E-state index in [-0.39, 0.29) is 0 Å². The molecule has 0 saturated carbocycles. The molecule has 0 aliphatic heterocycles. The zero-order valence-corrected chi connectivity index (χ0v) is 9.75. The Balaban J connectivity index is 2.59. The van der Waals surface area contributed by atoms with Crippen molar-refractivity contribution in [1.29, 1.82) is 0 Å². The van der Waals surface area contributed by atoms with Crippen LogP contribution < -0.4 is 0 Å². The number of benzene rings is 1. The summed E-state index contributed by atoms with van der Waals surface area (Å²) in [4.78, 5) is 0. The van der Waals surface area contributed by atoms with E-state index >= 15 is 0 Å². The molecular formula is C15H18. The highest BCUT2D eigenvalue weighted by Gasteiger charge is 2.26. The molecule has 0 bridgehead atoms. The second-order valence-electron chi connectivity index (χ2n) is 4.08. The normalized spacial score (nSPS) is 24.9. The van der Waals surface area contributed by atoms with Gasteiger partial charge >= 0.3 is 0 Å². The van der Waals surface area contributed by atoms with Crippen LogP contribution in [-0.4, -0.2) is 0 Å². The topological polar surface area (TPSA) is 0 Å². The smallest absolute Gasteiger partial charge is 0.00700 e. The molecule has 78 valence electrons. The van der Waals surface area contributed by atoms with Gasteiger partial charge in [-0.25, -0.2) is 0 Å². The van der Waals surface area contributed by atoms with Crippen molar-refractivity contribution in [2.45, 2.75) is 33.1 Å². The highest BCUT2D eigenvalue weighted by atomic mass is 14.3. The Morgan fingerprint density at radius 2 is 2.00 bits per heavy atom. The summed E-state index contributed by atoms with van der Waals surface area (Å²) in [5, 5.41) is 0. The molecule has 1 aliphatic carbocycles. The molecule has 0 nitrogen and oxygen atoms in total. The lowest BCUT2D eigenvalue weighted by Gasteiger charge is -2.06. The number of hydrogen-bond donors (Lipinski definition) is 0. The van der Waals surface area contributed by atoms with Crippen molar-refractivity contribution in [2.24, 2.45) is 0 Å². The van der Waals surface area contributed by atoms with E-state index in [1.807, 2.05) is 0 Å². The highest BCUT2D eigenvalue weighted by Crippen LogP contribution is 2.45. The van der Waals surface area contributed by atoms with Crippen LogP contribution in [0.3, 0.4) is 0 Å². The third kappa shape index (κ3) is 1.54. The lowest BCUT2D eigenvalue weighted by molar-refractivity contribution is 0.946. The summed E-state index contributed by atoms with van der Waals surface area (Å²) < 4.78 is 0. The van der Waals surface area contributed by atoms with Gasteiger partial charge in [0.05, 0.1) is 0 Å². The van der Waals surface area contributed by atoms with Crippen LogP contribution in [0.4, 0.5) is 0 Å². The highest BCUT2D eigenvalue weighted by molar-refractivity contribution is 5.87. The van der Waals surface area contributed by atoms with Crippen LogP contribution in [0, 0.1) is 0 Å².